The summed E-state index contributed by atoms with van der Waals surface area (Å²) in [5, 5.41) is 8.87. The van der Waals surface area contributed by atoms with Gasteiger partial charge in [0.1, 0.15) is 0 Å². The van der Waals surface area contributed by atoms with Crippen molar-refractivity contribution < 1.29 is 14.4 Å². The van der Waals surface area contributed by atoms with E-state index >= 15 is 0 Å². The van der Waals surface area contributed by atoms with Crippen molar-refractivity contribution in [3.63, 3.8) is 0 Å². The van der Waals surface area contributed by atoms with Gasteiger partial charge in [-0.1, -0.05) is 61.0 Å². The molecule has 3 aromatic rings. The molecule has 0 aromatic heterocycles. The SMILES string of the molecule is CC[C@H](CN(C)C(=O)[C@H](CCC(=O)N1CCCCC1)NCCNC(=O)c1ccc2cc(Cl)ccc2c1)c1ccccc1. The van der Waals surface area contributed by atoms with Gasteiger partial charge in [0.2, 0.25) is 11.8 Å². The molecule has 0 saturated carbocycles. The summed E-state index contributed by atoms with van der Waals surface area (Å²) < 4.78 is 0. The average molecular weight is 591 g/mol. The van der Waals surface area contributed by atoms with Crippen LogP contribution in [-0.2, 0) is 9.59 Å². The molecule has 8 heteroatoms. The Morgan fingerprint density at radius 1 is 0.929 bits per heavy atom. The van der Waals surface area contributed by atoms with Crippen LogP contribution >= 0.6 is 11.6 Å². The van der Waals surface area contributed by atoms with Gasteiger partial charge in [-0.2, -0.15) is 0 Å². The second kappa shape index (κ2) is 15.7. The first-order valence-electron chi connectivity index (χ1n) is 15.1. The highest BCUT2D eigenvalue weighted by atomic mass is 35.5. The lowest BCUT2D eigenvalue weighted by atomic mass is 9.95. The number of hydrogen-bond acceptors (Lipinski definition) is 4. The molecule has 1 aliphatic heterocycles. The van der Waals surface area contributed by atoms with Crippen LogP contribution in [0.2, 0.25) is 5.02 Å². The van der Waals surface area contributed by atoms with Crippen molar-refractivity contribution in [2.75, 3.05) is 39.8 Å². The molecule has 0 radical (unpaired) electrons. The Hall–Kier alpha value is -3.42. The third-order valence-electron chi connectivity index (χ3n) is 8.15. The first-order valence-corrected chi connectivity index (χ1v) is 15.5. The molecule has 1 saturated heterocycles. The molecule has 0 bridgehead atoms. The molecule has 1 heterocycles. The van der Waals surface area contributed by atoms with E-state index in [2.05, 4.69) is 29.7 Å². The van der Waals surface area contributed by atoms with Crippen LogP contribution in [0, 0.1) is 0 Å². The van der Waals surface area contributed by atoms with Gasteiger partial charge >= 0.3 is 0 Å². The van der Waals surface area contributed by atoms with Gasteiger partial charge in [-0.05, 0) is 72.7 Å². The third kappa shape index (κ3) is 8.79. The number of carbonyl (C=O) groups excluding carboxylic acids is 3. The Bertz CT molecular complexity index is 1340. The second-order valence-electron chi connectivity index (χ2n) is 11.2. The Morgan fingerprint density at radius 3 is 2.38 bits per heavy atom. The summed E-state index contributed by atoms with van der Waals surface area (Å²) in [5.74, 6) is 0.129. The number of fused-ring (bicyclic) bond motifs is 1. The van der Waals surface area contributed by atoms with Crippen molar-refractivity contribution in [2.45, 2.75) is 57.4 Å². The molecule has 1 aliphatic rings. The van der Waals surface area contributed by atoms with Crippen LogP contribution in [0.1, 0.15) is 67.3 Å². The monoisotopic (exact) mass is 590 g/mol. The lowest BCUT2D eigenvalue weighted by molar-refractivity contribution is -0.134. The zero-order valence-electron chi connectivity index (χ0n) is 24.8. The van der Waals surface area contributed by atoms with Gasteiger partial charge in [0, 0.05) is 62.7 Å². The van der Waals surface area contributed by atoms with Crippen molar-refractivity contribution in [3.8, 4) is 0 Å². The quantitative estimate of drug-likeness (QED) is 0.253. The molecule has 2 N–H and O–H groups in total. The zero-order chi connectivity index (χ0) is 29.9. The number of halogens is 1. The minimum atomic E-state index is -0.515. The van der Waals surface area contributed by atoms with Crippen LogP contribution < -0.4 is 10.6 Å². The molecule has 2 atom stereocenters. The molecule has 0 spiro atoms. The maximum absolute atomic E-state index is 13.7. The highest BCUT2D eigenvalue weighted by Gasteiger charge is 2.26. The van der Waals surface area contributed by atoms with Gasteiger partial charge in [0.25, 0.3) is 5.91 Å². The fourth-order valence-corrected chi connectivity index (χ4v) is 5.83. The zero-order valence-corrected chi connectivity index (χ0v) is 25.5. The first kappa shape index (κ1) is 31.5. The maximum atomic E-state index is 13.7. The molecule has 42 heavy (non-hydrogen) atoms. The summed E-state index contributed by atoms with van der Waals surface area (Å²) in [6, 6.07) is 20.8. The summed E-state index contributed by atoms with van der Waals surface area (Å²) in [7, 11) is 1.84. The van der Waals surface area contributed by atoms with Crippen molar-refractivity contribution in [3.05, 3.63) is 82.9 Å². The van der Waals surface area contributed by atoms with E-state index in [0.29, 0.717) is 43.1 Å². The standard InChI is InChI=1S/C34H43ClN4O3/c1-3-25(26-10-6-4-7-11-26)24-38(2)34(42)31(16-17-32(40)39-20-8-5-9-21-39)36-18-19-37-33(41)29-13-12-28-23-30(35)15-14-27(28)22-29/h4,6-7,10-15,22-23,25,31,36H,3,5,8-9,16-21,24H2,1-2H3,(H,37,41)/t25-,31+/m1/s1. The molecule has 224 valence electrons. The molecule has 7 nitrogen and oxygen atoms in total. The smallest absolute Gasteiger partial charge is 0.251 e. The van der Waals surface area contributed by atoms with E-state index in [1.54, 1.807) is 11.0 Å². The number of benzene rings is 3. The number of nitrogens with zero attached hydrogens (tertiary/aromatic N) is 2. The largest absolute Gasteiger partial charge is 0.351 e. The van der Waals surface area contributed by atoms with Gasteiger partial charge in [0.05, 0.1) is 6.04 Å². The molecule has 0 unspecified atom stereocenters. The van der Waals surface area contributed by atoms with Crippen LogP contribution in [0.4, 0.5) is 0 Å². The summed E-state index contributed by atoms with van der Waals surface area (Å²) in [6.45, 7) is 5.10. The predicted octanol–water partition coefficient (Wildman–Crippen LogP) is 5.63. The number of hydrogen-bond donors (Lipinski definition) is 2. The minimum Gasteiger partial charge on any atom is -0.351 e. The van der Waals surface area contributed by atoms with E-state index in [-0.39, 0.29) is 23.6 Å². The Balaban J connectivity index is 1.35. The van der Waals surface area contributed by atoms with Crippen LogP contribution in [0.5, 0.6) is 0 Å². The Morgan fingerprint density at radius 2 is 1.64 bits per heavy atom. The van der Waals surface area contributed by atoms with Crippen LogP contribution in [0.15, 0.2) is 66.7 Å². The van der Waals surface area contributed by atoms with E-state index in [9.17, 15) is 14.4 Å². The highest BCUT2D eigenvalue weighted by Crippen LogP contribution is 2.22. The van der Waals surface area contributed by atoms with Crippen LogP contribution in [0.3, 0.4) is 0 Å². The number of piperidine rings is 1. The highest BCUT2D eigenvalue weighted by molar-refractivity contribution is 6.31. The van der Waals surface area contributed by atoms with E-state index in [0.717, 1.165) is 49.5 Å². The number of likely N-dealkylation sites (tertiary alicyclic amines) is 1. The van der Waals surface area contributed by atoms with Crippen LogP contribution in [0.25, 0.3) is 10.8 Å². The second-order valence-corrected chi connectivity index (χ2v) is 11.6. The van der Waals surface area contributed by atoms with Gasteiger partial charge in [-0.25, -0.2) is 0 Å². The Labute approximate surface area is 254 Å². The first-order chi connectivity index (χ1) is 20.4. The lowest BCUT2D eigenvalue weighted by Crippen LogP contribution is -2.48. The van der Waals surface area contributed by atoms with E-state index in [1.165, 1.54) is 5.56 Å². The molecule has 0 aliphatic carbocycles. The van der Waals surface area contributed by atoms with E-state index in [4.69, 9.17) is 11.6 Å². The number of carbonyl (C=O) groups is 3. The lowest BCUT2D eigenvalue weighted by Gasteiger charge is -2.30. The molecular weight excluding hydrogens is 548 g/mol. The van der Waals surface area contributed by atoms with Gasteiger partial charge in [0.15, 0.2) is 0 Å². The van der Waals surface area contributed by atoms with E-state index in [1.807, 2.05) is 60.5 Å². The summed E-state index contributed by atoms with van der Waals surface area (Å²) >= 11 is 6.08. The van der Waals surface area contributed by atoms with Crippen molar-refractivity contribution >= 4 is 40.1 Å². The minimum absolute atomic E-state index is 0.0321. The molecule has 4 rings (SSSR count). The van der Waals surface area contributed by atoms with Gasteiger partial charge in [-0.15, -0.1) is 0 Å². The predicted molar refractivity (Wildman–Crippen MR) is 170 cm³/mol. The number of likely N-dealkylation sites (N-methyl/N-ethyl adjacent to an activating group) is 1. The average Bonchev–Trinajstić information content (AvgIpc) is 3.03. The van der Waals surface area contributed by atoms with Gasteiger partial charge < -0.3 is 20.4 Å². The third-order valence-corrected chi connectivity index (χ3v) is 8.39. The number of rotatable bonds is 13. The molecule has 1 fully saturated rings. The van der Waals surface area contributed by atoms with Crippen LogP contribution in [-0.4, -0.2) is 73.3 Å². The summed E-state index contributed by atoms with van der Waals surface area (Å²) in [4.78, 5) is 43.1. The summed E-state index contributed by atoms with van der Waals surface area (Å²) in [6.07, 6.45) is 4.90. The molecular formula is C34H43ClN4O3. The fourth-order valence-electron chi connectivity index (χ4n) is 5.65. The normalized spacial score (nSPS) is 14.8. The van der Waals surface area contributed by atoms with Gasteiger partial charge in [-0.3, -0.25) is 14.4 Å². The number of amides is 3. The van der Waals surface area contributed by atoms with Crippen molar-refractivity contribution in [2.24, 2.45) is 0 Å². The summed E-state index contributed by atoms with van der Waals surface area (Å²) in [5.41, 5.74) is 1.78. The molecule has 3 aromatic carbocycles. The maximum Gasteiger partial charge on any atom is 0.251 e. The van der Waals surface area contributed by atoms with Crippen molar-refractivity contribution in [1.29, 1.82) is 0 Å². The van der Waals surface area contributed by atoms with E-state index < -0.39 is 6.04 Å². The topological polar surface area (TPSA) is 81.8 Å². The van der Waals surface area contributed by atoms with Crippen molar-refractivity contribution in [1.82, 2.24) is 20.4 Å². The fraction of sp³-hybridized carbons (Fsp3) is 0.441. The molecule has 3 amide bonds. The number of nitrogens with one attached hydrogen (secondary N) is 2. The Kier molecular flexibility index (Phi) is 11.8.